The normalized spacial score (nSPS) is 19.8. The van der Waals surface area contributed by atoms with Gasteiger partial charge in [0.1, 0.15) is 17.0 Å². The minimum atomic E-state index is -1.33. The third-order valence-electron chi connectivity index (χ3n) is 6.25. The van der Waals surface area contributed by atoms with Gasteiger partial charge in [-0.15, -0.1) is 0 Å². The average molecular weight is 383 g/mol. The van der Waals surface area contributed by atoms with Crippen LogP contribution in [0.3, 0.4) is 0 Å². The SMILES string of the molecule is CN1CCC2(CC1)CCN(Cc1cccc(C(C)(C)F)c1)c1ccccc1O2. The molecule has 150 valence electrons. The van der Waals surface area contributed by atoms with Crippen LogP contribution in [0.2, 0.25) is 0 Å². The molecule has 4 rings (SSSR count). The minimum absolute atomic E-state index is 0.0693. The van der Waals surface area contributed by atoms with Gasteiger partial charge < -0.3 is 14.5 Å². The molecule has 2 heterocycles. The summed E-state index contributed by atoms with van der Waals surface area (Å²) in [5.41, 5.74) is 1.62. The van der Waals surface area contributed by atoms with Gasteiger partial charge in [-0.1, -0.05) is 36.4 Å². The van der Waals surface area contributed by atoms with Crippen molar-refractivity contribution in [3.05, 3.63) is 59.7 Å². The van der Waals surface area contributed by atoms with Gasteiger partial charge >= 0.3 is 0 Å². The number of piperidine rings is 1. The van der Waals surface area contributed by atoms with E-state index in [2.05, 4.69) is 47.2 Å². The number of halogens is 1. The first kappa shape index (κ1) is 19.3. The fourth-order valence-electron chi connectivity index (χ4n) is 4.35. The van der Waals surface area contributed by atoms with Gasteiger partial charge in [0, 0.05) is 32.6 Å². The molecule has 3 nitrogen and oxygen atoms in total. The molecular weight excluding hydrogens is 351 g/mol. The molecule has 28 heavy (non-hydrogen) atoms. The van der Waals surface area contributed by atoms with Crippen LogP contribution in [0, 0.1) is 0 Å². The number of fused-ring (bicyclic) bond motifs is 1. The summed E-state index contributed by atoms with van der Waals surface area (Å²) in [6.07, 6.45) is 3.15. The van der Waals surface area contributed by atoms with Gasteiger partial charge in [0.25, 0.3) is 0 Å². The first-order chi connectivity index (χ1) is 13.3. The Balaban J connectivity index is 1.60. The summed E-state index contributed by atoms with van der Waals surface area (Å²) < 4.78 is 21.1. The van der Waals surface area contributed by atoms with E-state index < -0.39 is 5.67 Å². The lowest BCUT2D eigenvalue weighted by molar-refractivity contribution is 0.00630. The Morgan fingerprint density at radius 1 is 1.00 bits per heavy atom. The fourth-order valence-corrected chi connectivity index (χ4v) is 4.35. The van der Waals surface area contributed by atoms with E-state index in [9.17, 15) is 4.39 Å². The van der Waals surface area contributed by atoms with Gasteiger partial charge in [0.15, 0.2) is 0 Å². The molecule has 0 saturated carbocycles. The maximum absolute atomic E-state index is 14.4. The second kappa shape index (κ2) is 7.40. The lowest BCUT2D eigenvalue weighted by Gasteiger charge is -2.40. The van der Waals surface area contributed by atoms with Crippen molar-refractivity contribution in [2.75, 3.05) is 31.6 Å². The summed E-state index contributed by atoms with van der Waals surface area (Å²) >= 11 is 0. The molecule has 1 saturated heterocycles. The highest BCUT2D eigenvalue weighted by atomic mass is 19.1. The second-order valence-electron chi connectivity index (χ2n) is 8.90. The van der Waals surface area contributed by atoms with E-state index in [1.54, 1.807) is 13.8 Å². The van der Waals surface area contributed by atoms with Gasteiger partial charge in [-0.25, -0.2) is 4.39 Å². The van der Waals surface area contributed by atoms with Gasteiger partial charge in [-0.3, -0.25) is 0 Å². The summed E-state index contributed by atoms with van der Waals surface area (Å²) in [6, 6.07) is 16.3. The molecule has 1 fully saturated rings. The molecule has 0 unspecified atom stereocenters. The maximum Gasteiger partial charge on any atom is 0.143 e. The molecule has 0 aliphatic carbocycles. The molecule has 2 aliphatic heterocycles. The third-order valence-corrected chi connectivity index (χ3v) is 6.25. The Bertz CT molecular complexity index is 821. The molecular formula is C24H31FN2O. The number of para-hydroxylation sites is 2. The number of nitrogens with zero attached hydrogens (tertiary/aromatic N) is 2. The number of likely N-dealkylation sites (tertiary alicyclic amines) is 1. The van der Waals surface area contributed by atoms with Crippen LogP contribution in [-0.4, -0.2) is 37.2 Å². The molecule has 2 aromatic carbocycles. The zero-order chi connectivity index (χ0) is 19.8. The van der Waals surface area contributed by atoms with E-state index in [4.69, 9.17) is 4.74 Å². The van der Waals surface area contributed by atoms with E-state index in [1.807, 2.05) is 18.2 Å². The Hall–Kier alpha value is -2.07. The minimum Gasteiger partial charge on any atom is -0.485 e. The fraction of sp³-hybridized carbons (Fsp3) is 0.500. The van der Waals surface area contributed by atoms with Gasteiger partial charge in [-0.2, -0.15) is 0 Å². The number of benzene rings is 2. The number of anilines is 1. The quantitative estimate of drug-likeness (QED) is 0.731. The highest BCUT2D eigenvalue weighted by Crippen LogP contribution is 2.40. The van der Waals surface area contributed by atoms with E-state index in [-0.39, 0.29) is 5.60 Å². The molecule has 2 aliphatic rings. The van der Waals surface area contributed by atoms with Crippen molar-refractivity contribution in [2.24, 2.45) is 0 Å². The number of rotatable bonds is 3. The Labute approximate surface area is 168 Å². The van der Waals surface area contributed by atoms with Crippen LogP contribution in [0.15, 0.2) is 48.5 Å². The lowest BCUT2D eigenvalue weighted by Crippen LogP contribution is -2.47. The Kier molecular flexibility index (Phi) is 5.09. The van der Waals surface area contributed by atoms with Crippen molar-refractivity contribution in [1.82, 2.24) is 4.90 Å². The summed E-state index contributed by atoms with van der Waals surface area (Å²) in [5.74, 6) is 0.978. The molecule has 0 atom stereocenters. The summed E-state index contributed by atoms with van der Waals surface area (Å²) in [7, 11) is 2.18. The van der Waals surface area contributed by atoms with E-state index >= 15 is 0 Å². The van der Waals surface area contributed by atoms with Crippen LogP contribution in [0.4, 0.5) is 10.1 Å². The zero-order valence-corrected chi connectivity index (χ0v) is 17.2. The van der Waals surface area contributed by atoms with Gasteiger partial charge in [0.05, 0.1) is 5.69 Å². The second-order valence-corrected chi connectivity index (χ2v) is 8.90. The predicted molar refractivity (Wildman–Crippen MR) is 113 cm³/mol. The van der Waals surface area contributed by atoms with Gasteiger partial charge in [0.2, 0.25) is 0 Å². The van der Waals surface area contributed by atoms with Crippen molar-refractivity contribution in [3.63, 3.8) is 0 Å². The molecule has 0 aromatic heterocycles. The number of hydrogen-bond acceptors (Lipinski definition) is 3. The number of ether oxygens (including phenoxy) is 1. The van der Waals surface area contributed by atoms with Crippen LogP contribution in [0.5, 0.6) is 5.75 Å². The monoisotopic (exact) mass is 382 g/mol. The Morgan fingerprint density at radius 2 is 1.71 bits per heavy atom. The van der Waals surface area contributed by atoms with E-state index in [0.717, 1.165) is 68.0 Å². The largest absolute Gasteiger partial charge is 0.485 e. The van der Waals surface area contributed by atoms with Crippen LogP contribution in [-0.2, 0) is 12.2 Å². The smallest absolute Gasteiger partial charge is 0.143 e. The Morgan fingerprint density at radius 3 is 2.46 bits per heavy atom. The van der Waals surface area contributed by atoms with Crippen LogP contribution in [0.25, 0.3) is 0 Å². The summed E-state index contributed by atoms with van der Waals surface area (Å²) in [6.45, 7) is 7.10. The van der Waals surface area contributed by atoms with E-state index in [0.29, 0.717) is 0 Å². The first-order valence-electron chi connectivity index (χ1n) is 10.3. The molecule has 0 bridgehead atoms. The first-order valence-corrected chi connectivity index (χ1v) is 10.3. The molecule has 0 amide bonds. The van der Waals surface area contributed by atoms with Crippen molar-refractivity contribution in [3.8, 4) is 5.75 Å². The van der Waals surface area contributed by atoms with Crippen LogP contribution < -0.4 is 9.64 Å². The molecule has 0 radical (unpaired) electrons. The predicted octanol–water partition coefficient (Wildman–Crippen LogP) is 5.14. The van der Waals surface area contributed by atoms with E-state index in [1.165, 1.54) is 0 Å². The van der Waals surface area contributed by atoms with Crippen LogP contribution >= 0.6 is 0 Å². The molecule has 1 spiro atoms. The number of alkyl halides is 1. The molecule has 0 N–H and O–H groups in total. The van der Waals surface area contributed by atoms with Gasteiger partial charge in [-0.05, 0) is 57.0 Å². The standard InChI is InChI=1S/C24H31FN2O/c1-23(2,25)20-8-6-7-19(17-20)18-27-16-13-24(11-14-26(3)15-12-24)28-22-10-5-4-9-21(22)27/h4-10,17H,11-16,18H2,1-3H3. The lowest BCUT2D eigenvalue weighted by atomic mass is 9.88. The van der Waals surface area contributed by atoms with Crippen molar-refractivity contribution >= 4 is 5.69 Å². The highest BCUT2D eigenvalue weighted by Gasteiger charge is 2.38. The topological polar surface area (TPSA) is 15.7 Å². The highest BCUT2D eigenvalue weighted by molar-refractivity contribution is 5.59. The third kappa shape index (κ3) is 4.02. The average Bonchev–Trinajstić information content (AvgIpc) is 2.82. The van der Waals surface area contributed by atoms with Crippen molar-refractivity contribution < 1.29 is 9.13 Å². The van der Waals surface area contributed by atoms with Crippen molar-refractivity contribution in [2.45, 2.75) is 50.9 Å². The summed E-state index contributed by atoms with van der Waals surface area (Å²) in [4.78, 5) is 4.78. The molecule has 2 aromatic rings. The van der Waals surface area contributed by atoms with Crippen LogP contribution in [0.1, 0.15) is 44.2 Å². The summed E-state index contributed by atoms with van der Waals surface area (Å²) in [5, 5.41) is 0. The maximum atomic E-state index is 14.4. The molecule has 4 heteroatoms. The zero-order valence-electron chi connectivity index (χ0n) is 17.2. The van der Waals surface area contributed by atoms with Crippen molar-refractivity contribution in [1.29, 1.82) is 0 Å². The number of hydrogen-bond donors (Lipinski definition) is 0.